The largest absolute Gasteiger partial charge is 0.356 e. The van der Waals surface area contributed by atoms with Crippen LogP contribution in [0.15, 0.2) is 24.3 Å². The van der Waals surface area contributed by atoms with Crippen LogP contribution in [0.25, 0.3) is 11.0 Å². The molecule has 8 rings (SSSR count). The zero-order valence-electron chi connectivity index (χ0n) is 33.3. The third kappa shape index (κ3) is 9.11. The molecular formula is C39H57N7O9S. The molecule has 4 N–H and O–H groups in total. The molecular weight excluding hydrogens is 743 g/mol. The van der Waals surface area contributed by atoms with Gasteiger partial charge in [0.15, 0.2) is 11.6 Å². The Balaban J connectivity index is 0.000000182. The van der Waals surface area contributed by atoms with Gasteiger partial charge < -0.3 is 45.1 Å². The molecule has 0 spiro atoms. The van der Waals surface area contributed by atoms with Crippen LogP contribution in [-0.2, 0) is 33.3 Å². The lowest BCUT2D eigenvalue weighted by Gasteiger charge is -2.26. The molecule has 4 amide bonds. The number of nitrogens with one attached hydrogen (secondary N) is 4. The van der Waals surface area contributed by atoms with Crippen molar-refractivity contribution in [3.63, 3.8) is 0 Å². The molecule has 16 nitrogen and oxygen atoms in total. The zero-order chi connectivity index (χ0) is 39.9. The molecule has 2 aromatic rings. The molecule has 4 aliphatic heterocycles. The Morgan fingerprint density at radius 3 is 2.11 bits per heavy atom. The number of aromatic nitrogens is 3. The van der Waals surface area contributed by atoms with Crippen molar-refractivity contribution in [1.82, 2.24) is 36.4 Å². The molecule has 5 heterocycles. The van der Waals surface area contributed by atoms with Crippen molar-refractivity contribution in [2.24, 2.45) is 10.8 Å². The van der Waals surface area contributed by atoms with Gasteiger partial charge in [-0.1, -0.05) is 30.3 Å². The maximum Gasteiger partial charge on any atom is 0.341 e. The van der Waals surface area contributed by atoms with Gasteiger partial charge in [-0.3, -0.25) is 9.59 Å². The van der Waals surface area contributed by atoms with Crippen molar-refractivity contribution in [1.29, 1.82) is 0 Å². The summed E-state index contributed by atoms with van der Waals surface area (Å²) in [6.07, 6.45) is 6.38. The maximum absolute atomic E-state index is 12.7. The third-order valence-corrected chi connectivity index (χ3v) is 13.3. The first kappa shape index (κ1) is 40.7. The van der Waals surface area contributed by atoms with Crippen LogP contribution in [0.3, 0.4) is 0 Å². The second-order valence-corrected chi connectivity index (χ2v) is 18.8. The molecule has 2 aliphatic carbocycles. The summed E-state index contributed by atoms with van der Waals surface area (Å²) in [7, 11) is 0. The van der Waals surface area contributed by atoms with Crippen LogP contribution in [-0.4, -0.2) is 111 Å². The number of unbranched alkanes of at least 4 members (excludes halogenated alkanes) is 1. The van der Waals surface area contributed by atoms with Crippen molar-refractivity contribution >= 4 is 46.6 Å². The standard InChI is InChI=1S/C23H38N4O5S.C16H19N3O4/c1-22(2)31-15-11-23(3,12-16(15)32-22)20(29)25-10-6-9-24-18(28)8-5-4-7-17-19-14(13-33-17)26-21(30)27-19;1-15(2)21-12-8-16(3,9-13(12)22-15)14(20)23-19-11-7-5-4-6-10(11)17-18-19/h14-17,19H,4-13H2,1-3H3,(H,24,28)(H,25,29)(H2,26,27,30);4-7,12-13H,8-9H2,1-3H3/t14-,15?,16?,17?,19-,23?;/m0./s1. The first-order valence-corrected chi connectivity index (χ1v) is 21.0. The van der Waals surface area contributed by atoms with Gasteiger partial charge in [0.2, 0.25) is 11.8 Å². The van der Waals surface area contributed by atoms with E-state index < -0.39 is 22.4 Å². The highest BCUT2D eigenvalue weighted by Crippen LogP contribution is 2.48. The molecule has 6 fully saturated rings. The smallest absolute Gasteiger partial charge is 0.341 e. The highest BCUT2D eigenvalue weighted by Gasteiger charge is 2.56. The van der Waals surface area contributed by atoms with Crippen LogP contribution in [0.5, 0.6) is 0 Å². The Morgan fingerprint density at radius 1 is 0.839 bits per heavy atom. The number of amides is 4. The summed E-state index contributed by atoms with van der Waals surface area (Å²) in [5.74, 6) is -0.425. The van der Waals surface area contributed by atoms with Gasteiger partial charge in [-0.2, -0.15) is 11.8 Å². The number of benzene rings is 1. The van der Waals surface area contributed by atoms with Crippen LogP contribution >= 0.6 is 11.8 Å². The number of rotatable bonds is 12. The van der Waals surface area contributed by atoms with E-state index in [0.29, 0.717) is 67.9 Å². The van der Waals surface area contributed by atoms with Crippen LogP contribution in [0.1, 0.15) is 99.3 Å². The summed E-state index contributed by atoms with van der Waals surface area (Å²) in [4.78, 5) is 55.5. The number of nitrogens with zero attached hydrogens (tertiary/aromatic N) is 3. The molecule has 4 saturated heterocycles. The summed E-state index contributed by atoms with van der Waals surface area (Å²) in [5, 5.41) is 20.2. The SMILES string of the molecule is CC1(C)OC2CC(C)(C(=O)NCCCNC(=O)CCCCC3SC[C@@H]4NC(=O)N[C@H]34)CC2O1.CC1(C)OC2CC(C)(C(=O)On3nnc4ccccc43)CC2O1. The van der Waals surface area contributed by atoms with Gasteiger partial charge >= 0.3 is 12.0 Å². The predicted octanol–water partition coefficient (Wildman–Crippen LogP) is 3.36. The van der Waals surface area contributed by atoms with Gasteiger partial charge in [-0.15, -0.1) is 5.10 Å². The van der Waals surface area contributed by atoms with Crippen LogP contribution in [0.2, 0.25) is 0 Å². The lowest BCUT2D eigenvalue weighted by atomic mass is 9.87. The van der Waals surface area contributed by atoms with Crippen LogP contribution in [0.4, 0.5) is 4.79 Å². The molecule has 0 radical (unpaired) electrons. The number of ether oxygens (including phenoxy) is 4. The van der Waals surface area contributed by atoms with Gasteiger partial charge in [-0.05, 0) is 96.9 Å². The number of hydrogen-bond donors (Lipinski definition) is 4. The Kier molecular flexibility index (Phi) is 11.6. The van der Waals surface area contributed by atoms with Crippen molar-refractivity contribution in [3.8, 4) is 0 Å². The molecule has 56 heavy (non-hydrogen) atoms. The lowest BCUT2D eigenvalue weighted by Crippen LogP contribution is -2.40. The summed E-state index contributed by atoms with van der Waals surface area (Å²) < 4.78 is 23.5. The lowest BCUT2D eigenvalue weighted by molar-refractivity contribution is -0.172. The second-order valence-electron chi connectivity index (χ2n) is 17.5. The molecule has 5 unspecified atom stereocenters. The minimum atomic E-state index is -0.654. The minimum absolute atomic E-state index is 0.0164. The van der Waals surface area contributed by atoms with E-state index in [4.69, 9.17) is 23.8 Å². The van der Waals surface area contributed by atoms with E-state index in [1.807, 2.05) is 77.6 Å². The number of fused-ring (bicyclic) bond motifs is 4. The van der Waals surface area contributed by atoms with E-state index in [0.717, 1.165) is 25.0 Å². The first-order chi connectivity index (χ1) is 26.5. The van der Waals surface area contributed by atoms with Crippen molar-refractivity contribution < 1.29 is 43.0 Å². The number of hydrogen-bond acceptors (Lipinski definition) is 12. The van der Waals surface area contributed by atoms with E-state index >= 15 is 0 Å². The Morgan fingerprint density at radius 2 is 1.45 bits per heavy atom. The van der Waals surface area contributed by atoms with E-state index in [9.17, 15) is 19.2 Å². The van der Waals surface area contributed by atoms with E-state index in [-0.39, 0.29) is 60.3 Å². The predicted molar refractivity (Wildman–Crippen MR) is 206 cm³/mol. The number of urea groups is 1. The van der Waals surface area contributed by atoms with Crippen LogP contribution in [0, 0.1) is 10.8 Å². The summed E-state index contributed by atoms with van der Waals surface area (Å²) in [6.45, 7) is 12.6. The quantitative estimate of drug-likeness (QED) is 0.139. The molecule has 1 aromatic carbocycles. The summed E-state index contributed by atoms with van der Waals surface area (Å²) >= 11 is 1.90. The number of carbonyl (C=O) groups is 4. The summed E-state index contributed by atoms with van der Waals surface area (Å²) in [6, 6.07) is 7.75. The van der Waals surface area contributed by atoms with E-state index in [2.05, 4.69) is 31.6 Å². The van der Waals surface area contributed by atoms with Crippen molar-refractivity contribution in [2.75, 3.05) is 18.8 Å². The average Bonchev–Trinajstić information content (AvgIpc) is 3.98. The Bertz CT molecular complexity index is 1760. The topological polar surface area (TPSA) is 193 Å². The monoisotopic (exact) mass is 799 g/mol. The Hall–Kier alpha value is -3.51. The fraction of sp³-hybridized carbons (Fsp3) is 0.744. The van der Waals surface area contributed by atoms with Gasteiger partial charge in [0.05, 0.1) is 47.3 Å². The highest BCUT2D eigenvalue weighted by atomic mass is 32.2. The summed E-state index contributed by atoms with van der Waals surface area (Å²) in [5.41, 5.74) is 0.224. The second kappa shape index (κ2) is 16.0. The average molecular weight is 800 g/mol. The number of thioether (sulfide) groups is 1. The third-order valence-electron chi connectivity index (χ3n) is 11.8. The van der Waals surface area contributed by atoms with Crippen LogP contribution < -0.4 is 26.1 Å². The molecule has 308 valence electrons. The molecule has 17 heteroatoms. The fourth-order valence-electron chi connectivity index (χ4n) is 9.00. The Labute approximate surface area is 331 Å². The van der Waals surface area contributed by atoms with Gasteiger partial charge in [0.1, 0.15) is 11.0 Å². The number of carbonyl (C=O) groups excluding carboxylic acids is 4. The minimum Gasteiger partial charge on any atom is -0.356 e. The fourth-order valence-corrected chi connectivity index (χ4v) is 10.5. The zero-order valence-corrected chi connectivity index (χ0v) is 34.1. The molecule has 7 atom stereocenters. The first-order valence-electron chi connectivity index (χ1n) is 20.0. The van der Waals surface area contributed by atoms with Crippen molar-refractivity contribution in [2.45, 2.75) is 153 Å². The number of para-hydroxylation sites is 1. The van der Waals surface area contributed by atoms with Gasteiger partial charge in [0.25, 0.3) is 0 Å². The van der Waals surface area contributed by atoms with Gasteiger partial charge in [-0.25, -0.2) is 9.59 Å². The molecule has 1 aromatic heterocycles. The molecule has 2 saturated carbocycles. The van der Waals surface area contributed by atoms with E-state index in [1.165, 1.54) is 4.85 Å². The normalized spacial score (nSPS) is 34.5. The van der Waals surface area contributed by atoms with Gasteiger partial charge in [0, 0.05) is 30.5 Å². The maximum atomic E-state index is 12.7. The molecule has 6 aliphatic rings. The molecule has 0 bridgehead atoms. The van der Waals surface area contributed by atoms with Crippen molar-refractivity contribution in [3.05, 3.63) is 24.3 Å². The van der Waals surface area contributed by atoms with E-state index in [1.54, 1.807) is 0 Å². The highest BCUT2D eigenvalue weighted by molar-refractivity contribution is 8.00.